The van der Waals surface area contributed by atoms with Gasteiger partial charge in [0.25, 0.3) is 0 Å². The summed E-state index contributed by atoms with van der Waals surface area (Å²) in [5, 5.41) is 5.23. The minimum absolute atomic E-state index is 0.00236. The summed E-state index contributed by atoms with van der Waals surface area (Å²) >= 11 is 0. The molecule has 0 spiro atoms. The summed E-state index contributed by atoms with van der Waals surface area (Å²) in [7, 11) is -2.09. The molecule has 0 bridgehead atoms. The first-order valence-electron chi connectivity index (χ1n) is 6.62. The lowest BCUT2D eigenvalue weighted by Gasteiger charge is -2.25. The maximum Gasteiger partial charge on any atom is 0.241 e. The third kappa shape index (κ3) is 3.27. The molecule has 1 amide bonds. The molecule has 0 aromatic heterocycles. The van der Waals surface area contributed by atoms with Crippen LogP contribution in [0.4, 0.5) is 11.4 Å². The number of primary sulfonamides is 1. The number of nitrogens with zero attached hydrogens (tertiary/aromatic N) is 2. The van der Waals surface area contributed by atoms with Gasteiger partial charge < -0.3 is 15.5 Å². The van der Waals surface area contributed by atoms with Gasteiger partial charge in [0.05, 0.1) is 11.4 Å². The van der Waals surface area contributed by atoms with Gasteiger partial charge in [-0.15, -0.1) is 0 Å². The Balaban J connectivity index is 2.49. The summed E-state index contributed by atoms with van der Waals surface area (Å²) in [6, 6.07) is 3.03. The summed E-state index contributed by atoms with van der Waals surface area (Å²) in [6.45, 7) is 3.21. The first-order chi connectivity index (χ1) is 9.70. The van der Waals surface area contributed by atoms with Crippen LogP contribution < -0.4 is 15.8 Å². The zero-order chi connectivity index (χ0) is 15.8. The number of nitrogen functional groups attached to an aromatic ring is 1. The summed E-state index contributed by atoms with van der Waals surface area (Å²) < 4.78 is 23.3. The number of hydrogen-bond donors (Lipinski definition) is 2. The van der Waals surface area contributed by atoms with Crippen molar-refractivity contribution in [2.75, 3.05) is 37.3 Å². The van der Waals surface area contributed by atoms with E-state index in [1.54, 1.807) is 24.9 Å². The Labute approximate surface area is 124 Å². The summed E-state index contributed by atoms with van der Waals surface area (Å²) in [5.41, 5.74) is 7.26. The Morgan fingerprint density at radius 3 is 2.52 bits per heavy atom. The molecule has 0 aliphatic carbocycles. The molecule has 7 nitrogen and oxygen atoms in total. The zero-order valence-electron chi connectivity index (χ0n) is 12.2. The van der Waals surface area contributed by atoms with Crippen LogP contribution in [0.2, 0.25) is 0 Å². The van der Waals surface area contributed by atoms with Crippen LogP contribution in [0.5, 0.6) is 0 Å². The van der Waals surface area contributed by atoms with E-state index in [0.29, 0.717) is 30.0 Å². The lowest BCUT2D eigenvalue weighted by atomic mass is 10.1. The second kappa shape index (κ2) is 5.53. The molecule has 1 aromatic carbocycles. The highest BCUT2D eigenvalue weighted by molar-refractivity contribution is 7.89. The molecule has 0 atom stereocenters. The second-order valence-electron chi connectivity index (χ2n) is 5.30. The molecule has 0 saturated carbocycles. The summed E-state index contributed by atoms with van der Waals surface area (Å²) in [4.78, 5) is 15.5. The van der Waals surface area contributed by atoms with Gasteiger partial charge in [-0.05, 0) is 31.0 Å². The Kier molecular flexibility index (Phi) is 4.11. The average Bonchev–Trinajstić information content (AvgIpc) is 2.53. The number of likely N-dealkylation sites (N-methyl/N-ethyl adjacent to an activating group) is 1. The van der Waals surface area contributed by atoms with Gasteiger partial charge in [0.15, 0.2) is 0 Å². The number of rotatable bonds is 2. The van der Waals surface area contributed by atoms with E-state index in [0.717, 1.165) is 6.42 Å². The maximum absolute atomic E-state index is 12.0. The van der Waals surface area contributed by atoms with Gasteiger partial charge in [0, 0.05) is 31.5 Å². The Hall–Kier alpha value is -1.80. The molecular weight excluding hydrogens is 292 g/mol. The first kappa shape index (κ1) is 15.6. The normalized spacial score (nSPS) is 17.0. The fourth-order valence-corrected chi connectivity index (χ4v) is 3.34. The van der Waals surface area contributed by atoms with E-state index >= 15 is 0 Å². The van der Waals surface area contributed by atoms with Crippen LogP contribution in [-0.2, 0) is 14.8 Å². The highest BCUT2D eigenvalue weighted by atomic mass is 32.2. The average molecular weight is 312 g/mol. The van der Waals surface area contributed by atoms with Crippen molar-refractivity contribution >= 4 is 27.3 Å². The molecule has 1 saturated heterocycles. The van der Waals surface area contributed by atoms with Gasteiger partial charge in [0.1, 0.15) is 0 Å². The molecule has 0 unspecified atom stereocenters. The Bertz CT molecular complexity index is 672. The summed E-state index contributed by atoms with van der Waals surface area (Å²) in [5.74, 6) is -0.00789. The van der Waals surface area contributed by atoms with E-state index in [1.165, 1.54) is 6.07 Å². The van der Waals surface area contributed by atoms with Crippen molar-refractivity contribution in [2.45, 2.75) is 18.2 Å². The Morgan fingerprint density at radius 1 is 1.24 bits per heavy atom. The zero-order valence-corrected chi connectivity index (χ0v) is 13.0. The smallest absolute Gasteiger partial charge is 0.241 e. The molecule has 1 aromatic rings. The van der Waals surface area contributed by atoms with Crippen LogP contribution in [0.15, 0.2) is 17.0 Å². The quantitative estimate of drug-likeness (QED) is 0.741. The number of amides is 1. The monoisotopic (exact) mass is 312 g/mol. The lowest BCUT2D eigenvalue weighted by Crippen LogP contribution is -2.34. The van der Waals surface area contributed by atoms with Crippen LogP contribution in [0, 0.1) is 6.92 Å². The van der Waals surface area contributed by atoms with E-state index in [2.05, 4.69) is 0 Å². The predicted molar refractivity (Wildman–Crippen MR) is 81.4 cm³/mol. The van der Waals surface area contributed by atoms with Crippen molar-refractivity contribution in [2.24, 2.45) is 5.14 Å². The van der Waals surface area contributed by atoms with Gasteiger partial charge in [-0.3, -0.25) is 4.79 Å². The van der Waals surface area contributed by atoms with Crippen LogP contribution in [0.1, 0.15) is 12.0 Å². The van der Waals surface area contributed by atoms with E-state index in [9.17, 15) is 13.2 Å². The molecule has 1 aliphatic rings. The molecule has 21 heavy (non-hydrogen) atoms. The molecule has 1 heterocycles. The Morgan fingerprint density at radius 2 is 1.90 bits per heavy atom. The van der Waals surface area contributed by atoms with Gasteiger partial charge >= 0.3 is 0 Å². The van der Waals surface area contributed by atoms with Crippen molar-refractivity contribution in [1.82, 2.24) is 4.90 Å². The minimum Gasteiger partial charge on any atom is -0.399 e. The van der Waals surface area contributed by atoms with E-state index in [4.69, 9.17) is 10.9 Å². The number of nitrogens with two attached hydrogens (primary N) is 2. The number of anilines is 2. The molecule has 0 radical (unpaired) electrons. The third-order valence-corrected chi connectivity index (χ3v) is 4.71. The molecule has 1 aliphatic heterocycles. The summed E-state index contributed by atoms with van der Waals surface area (Å²) in [6.07, 6.45) is 0.807. The fourth-order valence-electron chi connectivity index (χ4n) is 2.51. The first-order valence-corrected chi connectivity index (χ1v) is 8.16. The number of carbonyl (C=O) groups is 1. The lowest BCUT2D eigenvalue weighted by molar-refractivity contribution is -0.127. The molecule has 116 valence electrons. The van der Waals surface area contributed by atoms with Crippen molar-refractivity contribution in [1.29, 1.82) is 0 Å². The second-order valence-corrected chi connectivity index (χ2v) is 6.83. The molecular formula is C13H20N4O3S. The third-order valence-electron chi connectivity index (χ3n) is 3.68. The topological polar surface area (TPSA) is 110 Å². The van der Waals surface area contributed by atoms with Gasteiger partial charge in [-0.1, -0.05) is 0 Å². The van der Waals surface area contributed by atoms with Gasteiger partial charge in [-0.2, -0.15) is 0 Å². The number of hydrogen-bond acceptors (Lipinski definition) is 5. The van der Waals surface area contributed by atoms with E-state index in [-0.39, 0.29) is 17.3 Å². The standard InChI is InChI=1S/C13H20N4O3S/c1-9-11(6-10(14)7-12(9)21(15,19)20)17-5-3-4-16(2)13(18)8-17/h6-7H,3-5,8,14H2,1-2H3,(H2,15,19,20). The van der Waals surface area contributed by atoms with Crippen LogP contribution in [-0.4, -0.2) is 45.9 Å². The number of carbonyl (C=O) groups excluding carboxylic acids is 1. The van der Waals surface area contributed by atoms with Crippen LogP contribution in [0.3, 0.4) is 0 Å². The number of benzene rings is 1. The van der Waals surface area contributed by atoms with Crippen molar-refractivity contribution in [3.63, 3.8) is 0 Å². The van der Waals surface area contributed by atoms with Crippen molar-refractivity contribution in [3.8, 4) is 0 Å². The van der Waals surface area contributed by atoms with Crippen molar-refractivity contribution < 1.29 is 13.2 Å². The SMILES string of the molecule is Cc1c(N2CCCN(C)C(=O)C2)cc(N)cc1S(N)(=O)=O. The highest BCUT2D eigenvalue weighted by Crippen LogP contribution is 2.29. The predicted octanol–water partition coefficient (Wildman–Crippen LogP) is -0.107. The van der Waals surface area contributed by atoms with Gasteiger partial charge in [-0.25, -0.2) is 13.6 Å². The highest BCUT2D eigenvalue weighted by Gasteiger charge is 2.23. The maximum atomic E-state index is 12.0. The van der Waals surface area contributed by atoms with Crippen LogP contribution in [0.25, 0.3) is 0 Å². The minimum atomic E-state index is -3.85. The van der Waals surface area contributed by atoms with E-state index in [1.807, 2.05) is 4.90 Å². The number of sulfonamides is 1. The molecule has 8 heteroatoms. The van der Waals surface area contributed by atoms with Crippen molar-refractivity contribution in [3.05, 3.63) is 17.7 Å². The molecule has 2 rings (SSSR count). The van der Waals surface area contributed by atoms with E-state index < -0.39 is 10.0 Å². The van der Waals surface area contributed by atoms with Crippen LogP contribution >= 0.6 is 0 Å². The fraction of sp³-hybridized carbons (Fsp3) is 0.462. The molecule has 4 N–H and O–H groups in total. The van der Waals surface area contributed by atoms with Gasteiger partial charge in [0.2, 0.25) is 15.9 Å². The molecule has 1 fully saturated rings. The largest absolute Gasteiger partial charge is 0.399 e.